The average Bonchev–Trinajstić information content (AvgIpc) is 3.05. The third-order valence-corrected chi connectivity index (χ3v) is 4.26. The Balaban J connectivity index is 1.38. The zero-order valence-corrected chi connectivity index (χ0v) is 15.1. The lowest BCUT2D eigenvalue weighted by Gasteiger charge is -2.08. The Kier molecular flexibility index (Phi) is 4.77. The van der Waals surface area contributed by atoms with Gasteiger partial charge in [-0.2, -0.15) is 0 Å². The molecule has 2 N–H and O–H groups in total. The third-order valence-electron chi connectivity index (χ3n) is 4.04. The predicted molar refractivity (Wildman–Crippen MR) is 109 cm³/mol. The number of pyridine rings is 1. The summed E-state index contributed by atoms with van der Waals surface area (Å²) in [7, 11) is 0. The average molecular weight is 377 g/mol. The van der Waals surface area contributed by atoms with Crippen LogP contribution >= 0.6 is 11.6 Å². The molecule has 0 saturated heterocycles. The molecular weight excluding hydrogens is 360 g/mol. The van der Waals surface area contributed by atoms with E-state index in [1.807, 2.05) is 71.3 Å². The van der Waals surface area contributed by atoms with Crippen molar-refractivity contribution in [2.75, 3.05) is 10.6 Å². The molecule has 0 unspecified atom stereocenters. The highest BCUT2D eigenvalue weighted by Crippen LogP contribution is 2.19. The molecule has 4 rings (SSSR count). The number of nitrogens with zero attached hydrogens (tertiary/aromatic N) is 2. The normalized spacial score (nSPS) is 10.7. The van der Waals surface area contributed by atoms with Crippen LogP contribution < -0.4 is 10.6 Å². The second-order valence-corrected chi connectivity index (χ2v) is 6.57. The van der Waals surface area contributed by atoms with Crippen LogP contribution in [-0.4, -0.2) is 15.3 Å². The first-order valence-corrected chi connectivity index (χ1v) is 8.89. The van der Waals surface area contributed by atoms with Crippen molar-refractivity contribution in [2.45, 2.75) is 6.42 Å². The lowest BCUT2D eigenvalue weighted by molar-refractivity contribution is -0.115. The fraction of sp³-hybridized carbons (Fsp3) is 0.0476. The molecule has 2 aromatic carbocycles. The summed E-state index contributed by atoms with van der Waals surface area (Å²) in [5, 5.41) is 6.83. The van der Waals surface area contributed by atoms with Gasteiger partial charge in [-0.25, -0.2) is 4.98 Å². The summed E-state index contributed by atoms with van der Waals surface area (Å²) in [5.41, 5.74) is 4.17. The summed E-state index contributed by atoms with van der Waals surface area (Å²) >= 11 is 5.97. The molecule has 0 aliphatic rings. The highest BCUT2D eigenvalue weighted by atomic mass is 35.5. The zero-order chi connectivity index (χ0) is 18.6. The van der Waals surface area contributed by atoms with Gasteiger partial charge in [0, 0.05) is 29.5 Å². The van der Waals surface area contributed by atoms with Crippen molar-refractivity contribution in [1.82, 2.24) is 9.38 Å². The Hall–Kier alpha value is -3.31. The van der Waals surface area contributed by atoms with Gasteiger partial charge in [-0.1, -0.05) is 29.8 Å². The van der Waals surface area contributed by atoms with Crippen LogP contribution in [0.4, 0.5) is 17.1 Å². The van der Waals surface area contributed by atoms with E-state index in [1.165, 1.54) is 0 Å². The van der Waals surface area contributed by atoms with E-state index >= 15 is 0 Å². The first-order chi connectivity index (χ1) is 13.2. The first kappa shape index (κ1) is 17.1. The molecule has 5 nitrogen and oxygen atoms in total. The van der Waals surface area contributed by atoms with Gasteiger partial charge in [-0.05, 0) is 48.5 Å². The van der Waals surface area contributed by atoms with Gasteiger partial charge in [-0.15, -0.1) is 0 Å². The SMILES string of the molecule is O=C(Cc1cn2cc(Cl)ccc2n1)Nc1ccc(Nc2ccccc2)cc1. The number of benzene rings is 2. The highest BCUT2D eigenvalue weighted by molar-refractivity contribution is 6.30. The summed E-state index contributed by atoms with van der Waals surface area (Å²) in [6.45, 7) is 0. The first-order valence-electron chi connectivity index (χ1n) is 8.51. The lowest BCUT2D eigenvalue weighted by Crippen LogP contribution is -2.14. The van der Waals surface area contributed by atoms with Gasteiger partial charge in [0.05, 0.1) is 17.1 Å². The minimum absolute atomic E-state index is 0.117. The Morgan fingerprint density at radius 3 is 2.37 bits per heavy atom. The van der Waals surface area contributed by atoms with Gasteiger partial charge >= 0.3 is 0 Å². The number of carbonyl (C=O) groups is 1. The standard InChI is InChI=1S/C21H17ClN4O/c22-15-6-11-20-24-19(14-26(20)13-15)12-21(27)25-18-9-7-17(8-10-18)23-16-4-2-1-3-5-16/h1-11,13-14,23H,12H2,(H,25,27). The van der Waals surface area contributed by atoms with Gasteiger partial charge < -0.3 is 15.0 Å². The zero-order valence-electron chi connectivity index (χ0n) is 14.4. The van der Waals surface area contributed by atoms with Crippen LogP contribution in [0.2, 0.25) is 5.02 Å². The van der Waals surface area contributed by atoms with Crippen LogP contribution in [0.1, 0.15) is 5.69 Å². The topological polar surface area (TPSA) is 58.4 Å². The molecule has 0 aliphatic carbocycles. The van der Waals surface area contributed by atoms with Crippen LogP contribution in [0, 0.1) is 0 Å². The Labute approximate surface area is 161 Å². The van der Waals surface area contributed by atoms with E-state index in [1.54, 1.807) is 12.3 Å². The number of imidazole rings is 1. The Morgan fingerprint density at radius 2 is 1.59 bits per heavy atom. The van der Waals surface area contributed by atoms with E-state index in [2.05, 4.69) is 15.6 Å². The van der Waals surface area contributed by atoms with Crippen LogP contribution in [0.3, 0.4) is 0 Å². The molecule has 0 saturated carbocycles. The van der Waals surface area contributed by atoms with Gasteiger partial charge in [0.15, 0.2) is 0 Å². The molecule has 0 aliphatic heterocycles. The van der Waals surface area contributed by atoms with Crippen molar-refractivity contribution in [3.63, 3.8) is 0 Å². The summed E-state index contributed by atoms with van der Waals surface area (Å²) in [6, 6.07) is 21.1. The van der Waals surface area contributed by atoms with Crippen LogP contribution in [0.25, 0.3) is 5.65 Å². The number of aromatic nitrogens is 2. The number of halogens is 1. The molecule has 27 heavy (non-hydrogen) atoms. The maximum Gasteiger partial charge on any atom is 0.230 e. The number of para-hydroxylation sites is 1. The van der Waals surface area contributed by atoms with Gasteiger partial charge in [0.25, 0.3) is 0 Å². The molecule has 134 valence electrons. The van der Waals surface area contributed by atoms with Gasteiger partial charge in [0.2, 0.25) is 5.91 Å². The van der Waals surface area contributed by atoms with E-state index < -0.39 is 0 Å². The van der Waals surface area contributed by atoms with E-state index in [9.17, 15) is 4.79 Å². The number of carbonyl (C=O) groups excluding carboxylic acids is 1. The van der Waals surface area contributed by atoms with Crippen molar-refractivity contribution < 1.29 is 4.79 Å². The monoisotopic (exact) mass is 376 g/mol. The second-order valence-electron chi connectivity index (χ2n) is 6.14. The quantitative estimate of drug-likeness (QED) is 0.520. The highest BCUT2D eigenvalue weighted by Gasteiger charge is 2.08. The number of hydrogen-bond donors (Lipinski definition) is 2. The third kappa shape index (κ3) is 4.27. The number of fused-ring (bicyclic) bond motifs is 1. The molecule has 0 bridgehead atoms. The fourth-order valence-electron chi connectivity index (χ4n) is 2.80. The van der Waals surface area contributed by atoms with Crippen molar-refractivity contribution in [2.24, 2.45) is 0 Å². The largest absolute Gasteiger partial charge is 0.356 e. The maximum atomic E-state index is 12.3. The summed E-state index contributed by atoms with van der Waals surface area (Å²) < 4.78 is 1.81. The summed E-state index contributed by atoms with van der Waals surface area (Å²) in [6.07, 6.45) is 3.78. The molecule has 0 fully saturated rings. The minimum Gasteiger partial charge on any atom is -0.356 e. The second kappa shape index (κ2) is 7.51. The molecule has 4 aromatic rings. The number of anilines is 3. The maximum absolute atomic E-state index is 12.3. The van der Waals surface area contributed by atoms with Crippen molar-refractivity contribution >= 4 is 40.2 Å². The number of amides is 1. The molecule has 6 heteroatoms. The fourth-order valence-corrected chi connectivity index (χ4v) is 2.97. The number of nitrogens with one attached hydrogen (secondary N) is 2. The molecule has 1 amide bonds. The van der Waals surface area contributed by atoms with Gasteiger partial charge in [0.1, 0.15) is 5.65 Å². The van der Waals surface area contributed by atoms with E-state index in [4.69, 9.17) is 11.6 Å². The number of rotatable bonds is 5. The van der Waals surface area contributed by atoms with Gasteiger partial charge in [-0.3, -0.25) is 4.79 Å². The Morgan fingerprint density at radius 1 is 0.889 bits per heavy atom. The predicted octanol–water partition coefficient (Wildman–Crippen LogP) is 4.91. The van der Waals surface area contributed by atoms with Crippen LogP contribution in [0.15, 0.2) is 79.1 Å². The summed E-state index contributed by atoms with van der Waals surface area (Å²) in [4.78, 5) is 16.7. The summed E-state index contributed by atoms with van der Waals surface area (Å²) in [5.74, 6) is -0.117. The van der Waals surface area contributed by atoms with Crippen LogP contribution in [0.5, 0.6) is 0 Å². The van der Waals surface area contributed by atoms with Crippen LogP contribution in [-0.2, 0) is 11.2 Å². The molecule has 0 atom stereocenters. The van der Waals surface area contributed by atoms with Crippen molar-refractivity contribution in [1.29, 1.82) is 0 Å². The number of hydrogen-bond acceptors (Lipinski definition) is 3. The lowest BCUT2D eigenvalue weighted by atomic mass is 10.2. The Bertz CT molecular complexity index is 1070. The van der Waals surface area contributed by atoms with E-state index in [0.29, 0.717) is 10.7 Å². The van der Waals surface area contributed by atoms with Crippen molar-refractivity contribution in [3.8, 4) is 0 Å². The smallest absolute Gasteiger partial charge is 0.230 e. The van der Waals surface area contributed by atoms with E-state index in [-0.39, 0.29) is 12.3 Å². The molecule has 2 aromatic heterocycles. The molecule has 2 heterocycles. The minimum atomic E-state index is -0.117. The van der Waals surface area contributed by atoms with Crippen molar-refractivity contribution in [3.05, 3.63) is 89.8 Å². The molecule has 0 spiro atoms. The molecule has 0 radical (unpaired) electrons. The van der Waals surface area contributed by atoms with E-state index in [0.717, 1.165) is 22.7 Å². The molecular formula is C21H17ClN4O.